The molecule has 2 N–H and O–H groups in total. The zero-order valence-electron chi connectivity index (χ0n) is 13.3. The lowest BCUT2D eigenvalue weighted by atomic mass is 9.90. The molecular weight excluding hydrogens is 308 g/mol. The van der Waals surface area contributed by atoms with Crippen molar-refractivity contribution in [1.82, 2.24) is 4.57 Å². The third-order valence-corrected chi connectivity index (χ3v) is 4.44. The van der Waals surface area contributed by atoms with E-state index in [0.29, 0.717) is 10.7 Å². The highest BCUT2D eigenvalue weighted by Crippen LogP contribution is 2.41. The van der Waals surface area contributed by atoms with Gasteiger partial charge in [-0.15, -0.1) is 0 Å². The zero-order chi connectivity index (χ0) is 16.8. The minimum absolute atomic E-state index is 0.0797. The number of rotatable bonds is 2. The van der Waals surface area contributed by atoms with Gasteiger partial charge in [-0.25, -0.2) is 0 Å². The molecule has 0 saturated carbocycles. The first-order valence-electron chi connectivity index (χ1n) is 7.34. The molecule has 3 rings (SSSR count). The van der Waals surface area contributed by atoms with Gasteiger partial charge in [-0.2, -0.15) is 0 Å². The number of hydrogen-bond acceptors (Lipinski definition) is 3. The van der Waals surface area contributed by atoms with Crippen molar-refractivity contribution in [2.24, 2.45) is 5.73 Å². The van der Waals surface area contributed by atoms with Crippen molar-refractivity contribution < 1.29 is 4.74 Å². The van der Waals surface area contributed by atoms with E-state index < -0.39 is 5.60 Å². The van der Waals surface area contributed by atoms with Gasteiger partial charge in [0.05, 0.1) is 5.70 Å². The van der Waals surface area contributed by atoms with Crippen LogP contribution in [0.2, 0.25) is 0 Å². The molecule has 1 aliphatic heterocycles. The van der Waals surface area contributed by atoms with Crippen molar-refractivity contribution in [2.45, 2.75) is 26.4 Å². The molecule has 0 unspecified atom stereocenters. The van der Waals surface area contributed by atoms with Crippen LogP contribution in [0.25, 0.3) is 5.70 Å². The number of nitrogens with zero attached hydrogens (tertiary/aromatic N) is 1. The van der Waals surface area contributed by atoms with Crippen LogP contribution >= 0.6 is 12.2 Å². The van der Waals surface area contributed by atoms with Crippen molar-refractivity contribution in [2.75, 3.05) is 0 Å². The molecule has 0 saturated heterocycles. The van der Waals surface area contributed by atoms with Crippen LogP contribution in [0, 0.1) is 0 Å². The Labute approximate surface area is 140 Å². The first-order valence-corrected chi connectivity index (χ1v) is 7.75. The molecule has 0 atom stereocenters. The Hall–Kier alpha value is -2.40. The summed E-state index contributed by atoms with van der Waals surface area (Å²) in [7, 11) is 0. The molecular formula is C18H18N2O2S. The molecule has 5 heteroatoms. The van der Waals surface area contributed by atoms with E-state index in [1.54, 1.807) is 22.9 Å². The lowest BCUT2D eigenvalue weighted by molar-refractivity contribution is 0.143. The Morgan fingerprint density at radius 3 is 2.65 bits per heavy atom. The standard InChI is InChI=1S/C18H18N2O2S/c1-11-16(20-9-5-4-6-15(20)21)13-8-7-12(17(19)23)10-14(13)22-18(11,2)3/h4-10H,1-3H3,(H2,19,23). The minimum atomic E-state index is -0.535. The molecule has 23 heavy (non-hydrogen) atoms. The van der Waals surface area contributed by atoms with E-state index >= 15 is 0 Å². The molecule has 0 aliphatic carbocycles. The Morgan fingerprint density at radius 2 is 2.00 bits per heavy atom. The number of pyridine rings is 1. The molecule has 0 amide bonds. The maximum absolute atomic E-state index is 12.3. The van der Waals surface area contributed by atoms with Gasteiger partial charge < -0.3 is 10.5 Å². The summed E-state index contributed by atoms with van der Waals surface area (Å²) in [5.41, 5.74) is 8.54. The fraction of sp³-hybridized carbons (Fsp3) is 0.222. The van der Waals surface area contributed by atoms with E-state index in [4.69, 9.17) is 22.7 Å². The summed E-state index contributed by atoms with van der Waals surface area (Å²) in [6.07, 6.45) is 1.77. The maximum atomic E-state index is 12.3. The van der Waals surface area contributed by atoms with Crippen molar-refractivity contribution in [1.29, 1.82) is 0 Å². The smallest absolute Gasteiger partial charge is 0.255 e. The Bertz CT molecular complexity index is 894. The Kier molecular flexibility index (Phi) is 3.60. The predicted octanol–water partition coefficient (Wildman–Crippen LogP) is 2.93. The van der Waals surface area contributed by atoms with Crippen LogP contribution in [0.4, 0.5) is 0 Å². The third-order valence-electron chi connectivity index (χ3n) is 4.21. The van der Waals surface area contributed by atoms with E-state index in [-0.39, 0.29) is 5.56 Å². The molecule has 0 radical (unpaired) electrons. The van der Waals surface area contributed by atoms with Crippen molar-refractivity contribution in [3.05, 3.63) is 69.6 Å². The predicted molar refractivity (Wildman–Crippen MR) is 95.7 cm³/mol. The monoisotopic (exact) mass is 326 g/mol. The summed E-state index contributed by atoms with van der Waals surface area (Å²) in [6.45, 7) is 5.94. The Morgan fingerprint density at radius 1 is 1.26 bits per heavy atom. The van der Waals surface area contributed by atoms with Gasteiger partial charge in [0.2, 0.25) is 0 Å². The number of ether oxygens (including phenoxy) is 1. The van der Waals surface area contributed by atoms with Crippen LogP contribution in [0.3, 0.4) is 0 Å². The van der Waals surface area contributed by atoms with Gasteiger partial charge in [0.15, 0.2) is 0 Å². The first-order chi connectivity index (χ1) is 10.8. The average Bonchev–Trinajstić information content (AvgIpc) is 2.49. The molecule has 0 spiro atoms. The van der Waals surface area contributed by atoms with Crippen LogP contribution in [0.5, 0.6) is 5.75 Å². The van der Waals surface area contributed by atoms with Crippen LogP contribution < -0.4 is 16.0 Å². The second-order valence-corrected chi connectivity index (χ2v) is 6.51. The van der Waals surface area contributed by atoms with E-state index in [0.717, 1.165) is 22.4 Å². The summed E-state index contributed by atoms with van der Waals surface area (Å²) in [6, 6.07) is 10.7. The number of hydrogen-bond donors (Lipinski definition) is 1. The molecule has 118 valence electrons. The highest BCUT2D eigenvalue weighted by Gasteiger charge is 2.33. The second-order valence-electron chi connectivity index (χ2n) is 6.07. The fourth-order valence-electron chi connectivity index (χ4n) is 2.72. The van der Waals surface area contributed by atoms with Gasteiger partial charge in [0.25, 0.3) is 5.56 Å². The topological polar surface area (TPSA) is 57.2 Å². The van der Waals surface area contributed by atoms with E-state index in [2.05, 4.69) is 0 Å². The highest BCUT2D eigenvalue weighted by molar-refractivity contribution is 7.80. The highest BCUT2D eigenvalue weighted by atomic mass is 32.1. The number of benzene rings is 1. The molecule has 1 aliphatic rings. The number of thiocarbonyl (C=S) groups is 1. The number of fused-ring (bicyclic) bond motifs is 1. The lowest BCUT2D eigenvalue weighted by Gasteiger charge is -2.36. The molecule has 2 aromatic rings. The van der Waals surface area contributed by atoms with E-state index in [9.17, 15) is 4.79 Å². The second kappa shape index (κ2) is 5.35. The van der Waals surface area contributed by atoms with E-state index in [1.165, 1.54) is 0 Å². The molecule has 2 heterocycles. The molecule has 0 fully saturated rings. The minimum Gasteiger partial charge on any atom is -0.483 e. The molecule has 1 aromatic heterocycles. The average molecular weight is 326 g/mol. The molecule has 0 bridgehead atoms. The van der Waals surface area contributed by atoms with Crippen molar-refractivity contribution in [3.63, 3.8) is 0 Å². The quantitative estimate of drug-likeness (QED) is 0.862. The summed E-state index contributed by atoms with van der Waals surface area (Å²) in [5.74, 6) is 0.677. The molecule has 1 aromatic carbocycles. The number of nitrogens with two attached hydrogens (primary N) is 1. The van der Waals surface area contributed by atoms with Crippen LogP contribution in [0.15, 0.2) is 53.0 Å². The van der Waals surface area contributed by atoms with Crippen LogP contribution in [-0.4, -0.2) is 15.2 Å². The summed E-state index contributed by atoms with van der Waals surface area (Å²) >= 11 is 5.05. The van der Waals surface area contributed by atoms with Gasteiger partial charge in [-0.1, -0.05) is 24.4 Å². The summed E-state index contributed by atoms with van der Waals surface area (Å²) in [5, 5.41) is 0. The van der Waals surface area contributed by atoms with Gasteiger partial charge in [0, 0.05) is 23.4 Å². The number of aromatic nitrogens is 1. The summed E-state index contributed by atoms with van der Waals surface area (Å²) in [4.78, 5) is 12.6. The summed E-state index contributed by atoms with van der Waals surface area (Å²) < 4.78 is 7.78. The van der Waals surface area contributed by atoms with Gasteiger partial charge >= 0.3 is 0 Å². The van der Waals surface area contributed by atoms with Crippen LogP contribution in [0.1, 0.15) is 31.9 Å². The first kappa shape index (κ1) is 15.5. The van der Waals surface area contributed by atoms with Crippen molar-refractivity contribution >= 4 is 22.9 Å². The fourth-order valence-corrected chi connectivity index (χ4v) is 2.84. The van der Waals surface area contributed by atoms with Gasteiger partial charge in [-0.05, 0) is 44.5 Å². The zero-order valence-corrected chi connectivity index (χ0v) is 14.1. The van der Waals surface area contributed by atoms with Crippen LogP contribution in [-0.2, 0) is 0 Å². The van der Waals surface area contributed by atoms with Gasteiger partial charge in [-0.3, -0.25) is 9.36 Å². The third kappa shape index (κ3) is 2.57. The lowest BCUT2D eigenvalue weighted by Crippen LogP contribution is -2.36. The Balaban J connectivity index is 2.32. The van der Waals surface area contributed by atoms with E-state index in [1.807, 2.05) is 45.0 Å². The largest absolute Gasteiger partial charge is 0.483 e. The molecule has 4 nitrogen and oxygen atoms in total. The maximum Gasteiger partial charge on any atom is 0.255 e. The van der Waals surface area contributed by atoms with Crippen molar-refractivity contribution in [3.8, 4) is 5.75 Å². The SMILES string of the molecule is CC1=C(n2ccccc2=O)c2ccc(C(N)=S)cc2OC1(C)C. The normalized spacial score (nSPS) is 15.8. The van der Waals surface area contributed by atoms with Gasteiger partial charge in [0.1, 0.15) is 16.3 Å².